The van der Waals surface area contributed by atoms with Gasteiger partial charge in [0.15, 0.2) is 5.82 Å². The van der Waals surface area contributed by atoms with E-state index in [1.54, 1.807) is 7.11 Å². The van der Waals surface area contributed by atoms with Crippen molar-refractivity contribution in [2.75, 3.05) is 19.0 Å². The Morgan fingerprint density at radius 2 is 1.91 bits per heavy atom. The number of methoxy groups -OCH3 is 1. The molecule has 2 fully saturated rings. The standard InChI is InChI=1S/C26H36N4O5/c1-26(33)11-9-20(10-12-26)27-25(32)35-16-18-3-6-19(13-18)22-15-23(30-29-22)28-24(31)14-17-4-7-21(34-2)8-5-17/h4-5,7-8,15,18-20,33H,3,6,9-14,16H2,1-2H3,(H,27,32)(H2,28,29,30,31)/t18?,19-,20?,26?/m0/s1. The predicted molar refractivity (Wildman–Crippen MR) is 131 cm³/mol. The molecule has 0 bridgehead atoms. The normalized spacial score (nSPS) is 26.2. The van der Waals surface area contributed by atoms with Gasteiger partial charge in [-0.1, -0.05) is 12.1 Å². The van der Waals surface area contributed by atoms with Gasteiger partial charge in [0.1, 0.15) is 5.75 Å². The number of nitrogens with zero attached hydrogens (tertiary/aromatic N) is 1. The second-order valence-electron chi connectivity index (χ2n) is 10.2. The second-order valence-corrected chi connectivity index (χ2v) is 10.2. The van der Waals surface area contributed by atoms with Crippen LogP contribution in [0, 0.1) is 5.92 Å². The quantitative estimate of drug-likeness (QED) is 0.450. The Morgan fingerprint density at radius 1 is 1.17 bits per heavy atom. The van der Waals surface area contributed by atoms with E-state index in [9.17, 15) is 14.7 Å². The number of aliphatic hydroxyl groups is 1. The minimum Gasteiger partial charge on any atom is -0.497 e. The molecule has 35 heavy (non-hydrogen) atoms. The molecule has 4 rings (SSSR count). The highest BCUT2D eigenvalue weighted by Gasteiger charge is 2.31. The van der Waals surface area contributed by atoms with E-state index in [4.69, 9.17) is 9.47 Å². The fourth-order valence-electron chi connectivity index (χ4n) is 5.02. The summed E-state index contributed by atoms with van der Waals surface area (Å²) in [6, 6.07) is 9.37. The van der Waals surface area contributed by atoms with Crippen LogP contribution in [0.5, 0.6) is 5.75 Å². The van der Waals surface area contributed by atoms with Gasteiger partial charge in [0.25, 0.3) is 0 Å². The Morgan fingerprint density at radius 3 is 2.63 bits per heavy atom. The minimum absolute atomic E-state index is 0.0717. The number of nitrogens with one attached hydrogen (secondary N) is 3. The first-order valence-electron chi connectivity index (χ1n) is 12.4. The van der Waals surface area contributed by atoms with Crippen molar-refractivity contribution in [3.05, 3.63) is 41.6 Å². The summed E-state index contributed by atoms with van der Waals surface area (Å²) in [6.45, 7) is 2.24. The van der Waals surface area contributed by atoms with Crippen LogP contribution in [0.2, 0.25) is 0 Å². The summed E-state index contributed by atoms with van der Waals surface area (Å²) < 4.78 is 10.6. The molecule has 9 nitrogen and oxygen atoms in total. The summed E-state index contributed by atoms with van der Waals surface area (Å²) in [5.74, 6) is 1.75. The van der Waals surface area contributed by atoms with Crippen LogP contribution < -0.4 is 15.4 Å². The SMILES string of the molecule is COc1ccc(CC(=O)Nc2cc([C@H]3CCC(COC(=O)NC4CCC(C)(O)CC4)C3)[nH]n2)cc1. The van der Waals surface area contributed by atoms with E-state index in [-0.39, 0.29) is 24.5 Å². The van der Waals surface area contributed by atoms with Crippen molar-refractivity contribution < 1.29 is 24.2 Å². The molecular formula is C26H36N4O5. The molecule has 0 aliphatic heterocycles. The van der Waals surface area contributed by atoms with E-state index >= 15 is 0 Å². The maximum absolute atomic E-state index is 12.4. The molecule has 9 heteroatoms. The van der Waals surface area contributed by atoms with Gasteiger partial charge in [-0.15, -0.1) is 0 Å². The molecule has 1 aromatic heterocycles. The Bertz CT molecular complexity index is 993. The number of hydrogen-bond acceptors (Lipinski definition) is 6. The van der Waals surface area contributed by atoms with E-state index in [1.807, 2.05) is 37.3 Å². The van der Waals surface area contributed by atoms with E-state index in [0.717, 1.165) is 49.1 Å². The van der Waals surface area contributed by atoms with Gasteiger partial charge in [-0.05, 0) is 75.5 Å². The van der Waals surface area contributed by atoms with Gasteiger partial charge in [-0.2, -0.15) is 5.10 Å². The van der Waals surface area contributed by atoms with Crippen LogP contribution >= 0.6 is 0 Å². The zero-order chi connectivity index (χ0) is 24.8. The number of aromatic amines is 1. The molecule has 2 aromatic rings. The smallest absolute Gasteiger partial charge is 0.407 e. The number of anilines is 1. The molecule has 2 saturated carbocycles. The number of alkyl carbamates (subject to hydrolysis) is 1. The zero-order valence-corrected chi connectivity index (χ0v) is 20.5. The lowest BCUT2D eigenvalue weighted by Crippen LogP contribution is -2.42. The molecule has 1 heterocycles. The molecule has 4 N–H and O–H groups in total. The van der Waals surface area contributed by atoms with Gasteiger partial charge in [0.2, 0.25) is 5.91 Å². The average Bonchev–Trinajstić information content (AvgIpc) is 3.49. The number of H-pyrrole nitrogens is 1. The van der Waals surface area contributed by atoms with Crippen molar-refractivity contribution in [3.63, 3.8) is 0 Å². The van der Waals surface area contributed by atoms with Gasteiger partial charge in [-0.3, -0.25) is 9.89 Å². The molecule has 2 atom stereocenters. The number of hydrogen-bond donors (Lipinski definition) is 4. The van der Waals surface area contributed by atoms with Crippen molar-refractivity contribution >= 4 is 17.8 Å². The fraction of sp³-hybridized carbons (Fsp3) is 0.577. The molecule has 0 saturated heterocycles. The average molecular weight is 485 g/mol. The first-order chi connectivity index (χ1) is 16.8. The minimum atomic E-state index is -0.618. The Hall–Kier alpha value is -3.07. The lowest BCUT2D eigenvalue weighted by Gasteiger charge is -2.33. The summed E-state index contributed by atoms with van der Waals surface area (Å²) in [5.41, 5.74) is 1.27. The molecular weight excluding hydrogens is 448 g/mol. The first kappa shape index (κ1) is 25.0. The molecule has 1 unspecified atom stereocenters. The van der Waals surface area contributed by atoms with Crippen LogP contribution in [0.3, 0.4) is 0 Å². The topological polar surface area (TPSA) is 126 Å². The van der Waals surface area contributed by atoms with Crippen LogP contribution in [0.15, 0.2) is 30.3 Å². The highest BCUT2D eigenvalue weighted by Crippen LogP contribution is 2.38. The van der Waals surface area contributed by atoms with E-state index in [2.05, 4.69) is 20.8 Å². The summed E-state index contributed by atoms with van der Waals surface area (Å²) >= 11 is 0. The molecule has 2 aliphatic carbocycles. The molecule has 2 aliphatic rings. The van der Waals surface area contributed by atoms with Gasteiger partial charge < -0.3 is 25.2 Å². The third-order valence-electron chi connectivity index (χ3n) is 7.20. The van der Waals surface area contributed by atoms with Crippen LogP contribution in [0.25, 0.3) is 0 Å². The lowest BCUT2D eigenvalue weighted by atomic mass is 9.84. The molecule has 0 radical (unpaired) electrons. The number of aromatic nitrogens is 2. The van der Waals surface area contributed by atoms with Crippen molar-refractivity contribution in [2.45, 2.75) is 75.9 Å². The number of benzene rings is 1. The number of amides is 2. The fourth-order valence-corrected chi connectivity index (χ4v) is 5.02. The predicted octanol–water partition coefficient (Wildman–Crippen LogP) is 3.90. The van der Waals surface area contributed by atoms with Gasteiger partial charge in [-0.25, -0.2) is 4.79 Å². The Balaban J connectivity index is 1.17. The van der Waals surface area contributed by atoms with Crippen LogP contribution in [-0.4, -0.2) is 52.7 Å². The third kappa shape index (κ3) is 7.21. The number of ether oxygens (including phenoxy) is 2. The monoisotopic (exact) mass is 484 g/mol. The van der Waals surface area contributed by atoms with Crippen molar-refractivity contribution in [1.29, 1.82) is 0 Å². The maximum Gasteiger partial charge on any atom is 0.407 e. The second kappa shape index (κ2) is 11.1. The van der Waals surface area contributed by atoms with E-state index < -0.39 is 5.60 Å². The summed E-state index contributed by atoms with van der Waals surface area (Å²) in [7, 11) is 1.61. The summed E-state index contributed by atoms with van der Waals surface area (Å²) in [4.78, 5) is 24.6. The van der Waals surface area contributed by atoms with Crippen LogP contribution in [0.1, 0.15) is 69.0 Å². The zero-order valence-electron chi connectivity index (χ0n) is 20.5. The molecule has 190 valence electrons. The first-order valence-corrected chi connectivity index (χ1v) is 12.4. The molecule has 1 aromatic carbocycles. The number of carbonyl (C=O) groups excluding carboxylic acids is 2. The van der Waals surface area contributed by atoms with E-state index in [1.165, 1.54) is 0 Å². The van der Waals surface area contributed by atoms with E-state index in [0.29, 0.717) is 37.1 Å². The van der Waals surface area contributed by atoms with Crippen LogP contribution in [0.4, 0.5) is 10.6 Å². The summed E-state index contributed by atoms with van der Waals surface area (Å²) in [5, 5.41) is 23.1. The Kier molecular flexibility index (Phi) is 7.95. The molecule has 0 spiro atoms. The van der Waals surface area contributed by atoms with Crippen LogP contribution in [-0.2, 0) is 16.0 Å². The van der Waals surface area contributed by atoms with Crippen molar-refractivity contribution in [1.82, 2.24) is 15.5 Å². The maximum atomic E-state index is 12.4. The number of carbonyl (C=O) groups is 2. The van der Waals surface area contributed by atoms with Crippen molar-refractivity contribution in [2.24, 2.45) is 5.92 Å². The highest BCUT2D eigenvalue weighted by molar-refractivity contribution is 5.91. The Labute approximate surface area is 206 Å². The number of rotatable bonds is 8. The van der Waals surface area contributed by atoms with Gasteiger partial charge >= 0.3 is 6.09 Å². The largest absolute Gasteiger partial charge is 0.497 e. The highest BCUT2D eigenvalue weighted by atomic mass is 16.5. The van der Waals surface area contributed by atoms with Crippen molar-refractivity contribution in [3.8, 4) is 5.75 Å². The molecule has 2 amide bonds. The lowest BCUT2D eigenvalue weighted by molar-refractivity contribution is -0.115. The van der Waals surface area contributed by atoms with Gasteiger partial charge in [0, 0.05) is 23.7 Å². The van der Waals surface area contributed by atoms with Gasteiger partial charge in [0.05, 0.1) is 25.7 Å². The third-order valence-corrected chi connectivity index (χ3v) is 7.20. The summed E-state index contributed by atoms with van der Waals surface area (Å²) in [6.07, 6.45) is 5.67.